The van der Waals surface area contributed by atoms with Gasteiger partial charge in [-0.2, -0.15) is 0 Å². The van der Waals surface area contributed by atoms with Gasteiger partial charge in [-0.3, -0.25) is 0 Å². The molecule has 18 heavy (non-hydrogen) atoms. The molecule has 0 aromatic heterocycles. The van der Waals surface area contributed by atoms with Crippen LogP contribution in [0.4, 0.5) is 0 Å². The molecule has 2 N–H and O–H groups in total. The van der Waals surface area contributed by atoms with Crippen molar-refractivity contribution in [1.29, 1.82) is 0 Å². The second-order valence-corrected chi connectivity index (χ2v) is 6.05. The largest absolute Gasteiger partial charge is 0.393 e. The number of hydrogen-bond acceptors (Lipinski definition) is 2. The van der Waals surface area contributed by atoms with Gasteiger partial charge in [0.2, 0.25) is 0 Å². The first-order valence-corrected chi connectivity index (χ1v) is 8.10. The maximum atomic E-state index is 10.1. The molecule has 0 aromatic carbocycles. The Balaban J connectivity index is 2.11. The fourth-order valence-corrected chi connectivity index (χ4v) is 3.07. The average molecular weight is 256 g/mol. The molecule has 0 spiro atoms. The maximum Gasteiger partial charge on any atom is 0.0569 e. The zero-order valence-corrected chi connectivity index (χ0v) is 12.1. The van der Waals surface area contributed by atoms with E-state index in [4.69, 9.17) is 0 Å². The first-order chi connectivity index (χ1) is 8.74. The van der Waals surface area contributed by atoms with Gasteiger partial charge in [0.25, 0.3) is 0 Å². The summed E-state index contributed by atoms with van der Waals surface area (Å²) in [4.78, 5) is 0. The third-order valence-corrected chi connectivity index (χ3v) is 4.38. The molecule has 1 rings (SSSR count). The van der Waals surface area contributed by atoms with Crippen molar-refractivity contribution in [2.24, 2.45) is 5.92 Å². The van der Waals surface area contributed by atoms with E-state index in [0.29, 0.717) is 5.92 Å². The van der Waals surface area contributed by atoms with Crippen LogP contribution in [-0.2, 0) is 0 Å². The molecule has 0 amide bonds. The van der Waals surface area contributed by atoms with Crippen LogP contribution in [0.2, 0.25) is 0 Å². The van der Waals surface area contributed by atoms with Crippen LogP contribution < -0.4 is 0 Å². The second kappa shape index (κ2) is 9.80. The number of aliphatic hydroxyl groups excluding tert-OH is 2. The summed E-state index contributed by atoms with van der Waals surface area (Å²) in [5, 5.41) is 19.7. The Morgan fingerprint density at radius 2 is 1.56 bits per heavy atom. The van der Waals surface area contributed by atoms with Crippen molar-refractivity contribution in [3.05, 3.63) is 0 Å². The van der Waals surface area contributed by atoms with E-state index in [0.717, 1.165) is 32.1 Å². The SMILES string of the molecule is CCCCCCCCC1CCCC(O)CCC1O. The zero-order chi connectivity index (χ0) is 13.2. The van der Waals surface area contributed by atoms with Crippen LogP contribution in [0.1, 0.15) is 84.0 Å². The summed E-state index contributed by atoms with van der Waals surface area (Å²) >= 11 is 0. The van der Waals surface area contributed by atoms with E-state index in [2.05, 4.69) is 6.92 Å². The lowest BCUT2D eigenvalue weighted by molar-refractivity contribution is 0.0453. The van der Waals surface area contributed by atoms with Crippen LogP contribution in [0.25, 0.3) is 0 Å². The monoisotopic (exact) mass is 256 g/mol. The first-order valence-electron chi connectivity index (χ1n) is 8.10. The number of unbranched alkanes of at least 4 members (excludes halogenated alkanes) is 5. The van der Waals surface area contributed by atoms with Gasteiger partial charge < -0.3 is 10.2 Å². The van der Waals surface area contributed by atoms with E-state index in [1.165, 1.54) is 44.9 Å². The summed E-state index contributed by atoms with van der Waals surface area (Å²) in [6.07, 6.45) is 13.5. The van der Waals surface area contributed by atoms with Crippen molar-refractivity contribution in [2.75, 3.05) is 0 Å². The molecule has 1 aliphatic rings. The maximum absolute atomic E-state index is 10.1. The normalized spacial score (nSPS) is 29.8. The van der Waals surface area contributed by atoms with E-state index in [9.17, 15) is 10.2 Å². The molecule has 3 atom stereocenters. The topological polar surface area (TPSA) is 40.5 Å². The first kappa shape index (κ1) is 16.0. The predicted octanol–water partition coefficient (Wildman–Crippen LogP) is 4.04. The molecule has 108 valence electrons. The molecule has 1 aliphatic carbocycles. The van der Waals surface area contributed by atoms with Crippen LogP contribution in [0, 0.1) is 5.92 Å². The summed E-state index contributed by atoms with van der Waals surface area (Å²) in [6, 6.07) is 0. The zero-order valence-electron chi connectivity index (χ0n) is 12.1. The van der Waals surface area contributed by atoms with Crippen LogP contribution in [0.5, 0.6) is 0 Å². The number of hydrogen-bond donors (Lipinski definition) is 2. The molecule has 2 heteroatoms. The molecule has 0 bridgehead atoms. The van der Waals surface area contributed by atoms with Crippen molar-refractivity contribution in [1.82, 2.24) is 0 Å². The number of rotatable bonds is 7. The van der Waals surface area contributed by atoms with Gasteiger partial charge in [-0.05, 0) is 38.0 Å². The van der Waals surface area contributed by atoms with Crippen molar-refractivity contribution >= 4 is 0 Å². The lowest BCUT2D eigenvalue weighted by Crippen LogP contribution is -2.25. The second-order valence-electron chi connectivity index (χ2n) is 6.05. The molecule has 3 unspecified atom stereocenters. The molecule has 1 fully saturated rings. The highest BCUT2D eigenvalue weighted by molar-refractivity contribution is 4.74. The quantitative estimate of drug-likeness (QED) is 0.675. The van der Waals surface area contributed by atoms with Crippen molar-refractivity contribution in [3.63, 3.8) is 0 Å². The summed E-state index contributed by atoms with van der Waals surface area (Å²) in [6.45, 7) is 2.25. The van der Waals surface area contributed by atoms with Crippen LogP contribution in [0.3, 0.4) is 0 Å². The van der Waals surface area contributed by atoms with E-state index < -0.39 is 0 Å². The van der Waals surface area contributed by atoms with E-state index in [1.807, 2.05) is 0 Å². The lowest BCUT2D eigenvalue weighted by Gasteiger charge is -2.27. The molecule has 2 nitrogen and oxygen atoms in total. The highest BCUT2D eigenvalue weighted by atomic mass is 16.3. The van der Waals surface area contributed by atoms with Crippen LogP contribution in [-0.4, -0.2) is 22.4 Å². The Bertz CT molecular complexity index is 194. The lowest BCUT2D eigenvalue weighted by atomic mass is 9.84. The smallest absolute Gasteiger partial charge is 0.0569 e. The van der Waals surface area contributed by atoms with Gasteiger partial charge in [0.15, 0.2) is 0 Å². The highest BCUT2D eigenvalue weighted by Gasteiger charge is 2.22. The summed E-state index contributed by atoms with van der Waals surface area (Å²) < 4.78 is 0. The molecular weight excluding hydrogens is 224 g/mol. The van der Waals surface area contributed by atoms with Gasteiger partial charge in [-0.15, -0.1) is 0 Å². The minimum atomic E-state index is -0.172. The molecule has 0 aliphatic heterocycles. The molecule has 1 saturated carbocycles. The minimum absolute atomic E-state index is 0.171. The fraction of sp³-hybridized carbons (Fsp3) is 1.00. The van der Waals surface area contributed by atoms with Crippen molar-refractivity contribution in [3.8, 4) is 0 Å². The summed E-state index contributed by atoms with van der Waals surface area (Å²) in [7, 11) is 0. The van der Waals surface area contributed by atoms with E-state index in [-0.39, 0.29) is 12.2 Å². The molecule has 0 heterocycles. The summed E-state index contributed by atoms with van der Waals surface area (Å²) in [5.41, 5.74) is 0. The fourth-order valence-electron chi connectivity index (χ4n) is 3.07. The molecule has 0 radical (unpaired) electrons. The summed E-state index contributed by atoms with van der Waals surface area (Å²) in [5.74, 6) is 0.490. The Hall–Kier alpha value is -0.0800. The number of aliphatic hydroxyl groups is 2. The van der Waals surface area contributed by atoms with Gasteiger partial charge >= 0.3 is 0 Å². The third kappa shape index (κ3) is 6.75. The van der Waals surface area contributed by atoms with Crippen molar-refractivity contribution in [2.45, 2.75) is 96.2 Å². The van der Waals surface area contributed by atoms with E-state index >= 15 is 0 Å². The third-order valence-electron chi connectivity index (χ3n) is 4.38. The van der Waals surface area contributed by atoms with E-state index in [1.54, 1.807) is 0 Å². The van der Waals surface area contributed by atoms with Crippen LogP contribution >= 0.6 is 0 Å². The van der Waals surface area contributed by atoms with Crippen LogP contribution in [0.15, 0.2) is 0 Å². The van der Waals surface area contributed by atoms with Crippen molar-refractivity contribution < 1.29 is 10.2 Å². The average Bonchev–Trinajstić information content (AvgIpc) is 2.36. The Morgan fingerprint density at radius 3 is 2.33 bits per heavy atom. The highest BCUT2D eigenvalue weighted by Crippen LogP contribution is 2.27. The standard InChI is InChI=1S/C16H32O2/c1-2-3-4-5-6-7-9-14-10-8-11-15(17)12-13-16(14)18/h14-18H,2-13H2,1H3. The van der Waals surface area contributed by atoms with Gasteiger partial charge in [-0.1, -0.05) is 51.9 Å². The Kier molecular flexibility index (Phi) is 8.70. The Labute approximate surface area is 113 Å². The molecule has 0 aromatic rings. The molecular formula is C16H32O2. The van der Waals surface area contributed by atoms with Gasteiger partial charge in [0, 0.05) is 0 Å². The predicted molar refractivity (Wildman–Crippen MR) is 76.6 cm³/mol. The van der Waals surface area contributed by atoms with Gasteiger partial charge in [0.1, 0.15) is 0 Å². The van der Waals surface area contributed by atoms with Gasteiger partial charge in [0.05, 0.1) is 12.2 Å². The Morgan fingerprint density at radius 1 is 0.833 bits per heavy atom. The van der Waals surface area contributed by atoms with Gasteiger partial charge in [-0.25, -0.2) is 0 Å². The molecule has 0 saturated heterocycles. The minimum Gasteiger partial charge on any atom is -0.393 e.